The molecule has 4 aromatic rings. The lowest BCUT2D eigenvalue weighted by molar-refractivity contribution is -0.118. The van der Waals surface area contributed by atoms with Crippen molar-refractivity contribution < 1.29 is 4.79 Å². The molecular weight excluding hydrogens is 420 g/mol. The fourth-order valence-corrected chi connectivity index (χ4v) is 3.93. The second-order valence-corrected chi connectivity index (χ2v) is 7.73. The molecule has 4 rings (SSSR count). The van der Waals surface area contributed by atoms with Crippen LogP contribution in [0.3, 0.4) is 0 Å². The summed E-state index contributed by atoms with van der Waals surface area (Å²) in [5.74, 6) is -0.715. The van der Waals surface area contributed by atoms with Gasteiger partial charge in [0.2, 0.25) is 5.91 Å². The molecule has 0 spiro atoms. The number of nitrogen functional groups attached to an aromatic ring is 1. The van der Waals surface area contributed by atoms with Gasteiger partial charge in [-0.2, -0.15) is 0 Å². The molecular formula is C20H18N6O4S. The summed E-state index contributed by atoms with van der Waals surface area (Å²) in [7, 11) is 1.36. The molecule has 0 atom stereocenters. The van der Waals surface area contributed by atoms with Gasteiger partial charge < -0.3 is 10.6 Å². The van der Waals surface area contributed by atoms with Crippen LogP contribution in [0.1, 0.15) is 5.56 Å². The van der Waals surface area contributed by atoms with Gasteiger partial charge in [-0.3, -0.25) is 28.5 Å². The predicted molar refractivity (Wildman–Crippen MR) is 119 cm³/mol. The van der Waals surface area contributed by atoms with Crippen LogP contribution in [-0.2, 0) is 17.9 Å². The third-order valence-electron chi connectivity index (χ3n) is 4.86. The molecule has 0 radical (unpaired) electrons. The molecule has 31 heavy (non-hydrogen) atoms. The van der Waals surface area contributed by atoms with E-state index in [1.807, 2.05) is 30.3 Å². The van der Waals surface area contributed by atoms with Gasteiger partial charge in [0.15, 0.2) is 5.69 Å². The molecule has 0 saturated carbocycles. The van der Waals surface area contributed by atoms with Crippen molar-refractivity contribution in [3.8, 4) is 0 Å². The minimum Gasteiger partial charge on any atom is -0.383 e. The standard InChI is InChI=1S/C20H18N6O4S/c1-24(14(27)10-25-11-22-18-13(19(25)29)7-8-31-18)15-16(21)26(20(30)23-17(15)28)9-12-5-3-2-4-6-12/h2-8,11H,9-10,21H2,1H3,(H,23,28,30). The van der Waals surface area contributed by atoms with Crippen molar-refractivity contribution in [3.05, 3.63) is 84.9 Å². The van der Waals surface area contributed by atoms with Crippen molar-refractivity contribution in [1.29, 1.82) is 0 Å². The number of amides is 1. The minimum absolute atomic E-state index is 0.121. The van der Waals surface area contributed by atoms with Gasteiger partial charge in [-0.1, -0.05) is 30.3 Å². The maximum Gasteiger partial charge on any atom is 0.330 e. The number of hydrogen-bond acceptors (Lipinski definition) is 7. The van der Waals surface area contributed by atoms with Crippen molar-refractivity contribution in [2.24, 2.45) is 0 Å². The van der Waals surface area contributed by atoms with Crippen LogP contribution < -0.4 is 27.4 Å². The summed E-state index contributed by atoms with van der Waals surface area (Å²) >= 11 is 1.33. The number of anilines is 2. The van der Waals surface area contributed by atoms with Crippen LogP contribution in [0.15, 0.2) is 62.5 Å². The van der Waals surface area contributed by atoms with Crippen molar-refractivity contribution in [3.63, 3.8) is 0 Å². The topological polar surface area (TPSA) is 136 Å². The lowest BCUT2D eigenvalue weighted by Gasteiger charge is -2.20. The van der Waals surface area contributed by atoms with Gasteiger partial charge in [-0.15, -0.1) is 11.3 Å². The molecule has 0 fully saturated rings. The fourth-order valence-electron chi connectivity index (χ4n) is 3.21. The Morgan fingerprint density at radius 2 is 1.94 bits per heavy atom. The van der Waals surface area contributed by atoms with E-state index < -0.39 is 17.2 Å². The van der Waals surface area contributed by atoms with Crippen LogP contribution in [-0.4, -0.2) is 32.1 Å². The number of nitrogens with two attached hydrogens (primary N) is 1. The summed E-state index contributed by atoms with van der Waals surface area (Å²) in [6.45, 7) is -0.222. The molecule has 10 nitrogen and oxygen atoms in total. The Morgan fingerprint density at radius 3 is 2.68 bits per heavy atom. The molecule has 1 aromatic carbocycles. The van der Waals surface area contributed by atoms with Crippen molar-refractivity contribution >= 4 is 39.0 Å². The van der Waals surface area contributed by atoms with Crippen LogP contribution in [0.4, 0.5) is 11.5 Å². The van der Waals surface area contributed by atoms with Crippen molar-refractivity contribution in [1.82, 2.24) is 19.1 Å². The molecule has 11 heteroatoms. The Hall–Kier alpha value is -3.99. The van der Waals surface area contributed by atoms with Crippen LogP contribution in [0.25, 0.3) is 10.2 Å². The number of hydrogen-bond donors (Lipinski definition) is 2. The van der Waals surface area contributed by atoms with E-state index >= 15 is 0 Å². The predicted octanol–water partition coefficient (Wildman–Crippen LogP) is 0.601. The van der Waals surface area contributed by atoms with E-state index in [4.69, 9.17) is 5.73 Å². The fraction of sp³-hybridized carbons (Fsp3) is 0.150. The highest BCUT2D eigenvalue weighted by Crippen LogP contribution is 2.17. The summed E-state index contributed by atoms with van der Waals surface area (Å²) in [6, 6.07) is 10.7. The Morgan fingerprint density at radius 1 is 1.19 bits per heavy atom. The van der Waals surface area contributed by atoms with E-state index in [2.05, 4.69) is 9.97 Å². The van der Waals surface area contributed by atoms with Gasteiger partial charge in [0, 0.05) is 7.05 Å². The maximum absolute atomic E-state index is 12.8. The van der Waals surface area contributed by atoms with Gasteiger partial charge in [-0.05, 0) is 17.0 Å². The minimum atomic E-state index is -0.790. The second kappa shape index (κ2) is 8.03. The number of rotatable bonds is 5. The number of carbonyl (C=O) groups is 1. The summed E-state index contributed by atoms with van der Waals surface area (Å²) in [6.07, 6.45) is 1.29. The number of aromatic nitrogens is 4. The highest BCUT2D eigenvalue weighted by Gasteiger charge is 2.22. The summed E-state index contributed by atoms with van der Waals surface area (Å²) in [4.78, 5) is 58.1. The molecule has 0 unspecified atom stereocenters. The number of thiophene rings is 1. The number of benzene rings is 1. The monoisotopic (exact) mass is 438 g/mol. The van der Waals surface area contributed by atoms with Gasteiger partial charge in [0.1, 0.15) is 17.2 Å². The summed E-state index contributed by atoms with van der Waals surface area (Å²) in [5.41, 5.74) is 4.92. The molecule has 0 bridgehead atoms. The lowest BCUT2D eigenvalue weighted by Crippen LogP contribution is -2.41. The highest BCUT2D eigenvalue weighted by molar-refractivity contribution is 7.16. The zero-order valence-electron chi connectivity index (χ0n) is 16.4. The number of H-pyrrole nitrogens is 1. The molecule has 0 saturated heterocycles. The zero-order valence-corrected chi connectivity index (χ0v) is 17.3. The van der Waals surface area contributed by atoms with E-state index in [1.54, 1.807) is 11.4 Å². The average Bonchev–Trinajstić information content (AvgIpc) is 3.23. The SMILES string of the molecule is CN(C(=O)Cn1cnc2sccc2c1=O)c1c(N)n(Cc2ccccc2)c(=O)[nH]c1=O. The number of nitrogens with one attached hydrogen (secondary N) is 1. The first-order chi connectivity index (χ1) is 14.9. The summed E-state index contributed by atoms with van der Waals surface area (Å²) in [5, 5.41) is 2.16. The van der Waals surface area contributed by atoms with E-state index in [0.717, 1.165) is 15.0 Å². The number of nitrogens with zero attached hydrogens (tertiary/aromatic N) is 4. The van der Waals surface area contributed by atoms with Gasteiger partial charge in [0.25, 0.3) is 11.1 Å². The number of fused-ring (bicyclic) bond motifs is 1. The first-order valence-electron chi connectivity index (χ1n) is 9.22. The van der Waals surface area contributed by atoms with Gasteiger partial charge in [-0.25, -0.2) is 9.78 Å². The van der Waals surface area contributed by atoms with Crippen molar-refractivity contribution in [2.45, 2.75) is 13.1 Å². The Labute approximate surface area is 178 Å². The molecule has 0 aliphatic carbocycles. The first kappa shape index (κ1) is 20.3. The molecule has 1 amide bonds. The average molecular weight is 438 g/mol. The quantitative estimate of drug-likeness (QED) is 0.468. The summed E-state index contributed by atoms with van der Waals surface area (Å²) < 4.78 is 2.35. The van der Waals surface area contributed by atoms with Crippen LogP contribution >= 0.6 is 11.3 Å². The second-order valence-electron chi connectivity index (χ2n) is 6.83. The van der Waals surface area contributed by atoms with Gasteiger partial charge in [0.05, 0.1) is 18.3 Å². The Balaban J connectivity index is 1.67. The highest BCUT2D eigenvalue weighted by atomic mass is 32.1. The molecule has 0 aliphatic heterocycles. The van der Waals surface area contributed by atoms with Crippen molar-refractivity contribution in [2.75, 3.05) is 17.7 Å². The maximum atomic E-state index is 12.8. The van der Waals surface area contributed by atoms with Crippen LogP contribution in [0.2, 0.25) is 0 Å². The Bertz CT molecular complexity index is 1450. The largest absolute Gasteiger partial charge is 0.383 e. The normalized spacial score (nSPS) is 11.0. The molecule has 3 heterocycles. The molecule has 0 aliphatic rings. The third kappa shape index (κ3) is 3.78. The molecule has 3 aromatic heterocycles. The van der Waals surface area contributed by atoms with E-state index in [0.29, 0.717) is 10.2 Å². The lowest BCUT2D eigenvalue weighted by atomic mass is 10.2. The van der Waals surface area contributed by atoms with Crippen LogP contribution in [0.5, 0.6) is 0 Å². The number of carbonyl (C=O) groups excluding carboxylic acids is 1. The Kier molecular flexibility index (Phi) is 5.26. The molecule has 3 N–H and O–H groups in total. The van der Waals surface area contributed by atoms with E-state index in [-0.39, 0.29) is 30.2 Å². The van der Waals surface area contributed by atoms with Gasteiger partial charge >= 0.3 is 5.69 Å². The number of likely N-dealkylation sites (N-methyl/N-ethyl adjacent to an activating group) is 1. The van der Waals surface area contributed by atoms with E-state index in [9.17, 15) is 19.2 Å². The molecule has 158 valence electrons. The third-order valence-corrected chi connectivity index (χ3v) is 5.68. The number of aromatic amines is 1. The zero-order chi connectivity index (χ0) is 22.1. The van der Waals surface area contributed by atoms with E-state index in [1.165, 1.54) is 29.3 Å². The van der Waals surface area contributed by atoms with Crippen LogP contribution in [0, 0.1) is 0 Å². The smallest absolute Gasteiger partial charge is 0.330 e. The first-order valence-corrected chi connectivity index (χ1v) is 10.1.